The van der Waals surface area contributed by atoms with E-state index in [1.807, 2.05) is 5.32 Å². The van der Waals surface area contributed by atoms with Crippen LogP contribution < -0.4 is 21.7 Å². The summed E-state index contributed by atoms with van der Waals surface area (Å²) in [5.74, 6) is -5.37. The number of rotatable bonds is 12. The molecule has 0 aliphatic rings. The van der Waals surface area contributed by atoms with Gasteiger partial charge in [0.25, 0.3) is 0 Å². The molecule has 13 heteroatoms. The van der Waals surface area contributed by atoms with E-state index >= 15 is 0 Å². The van der Waals surface area contributed by atoms with E-state index < -0.39 is 66.5 Å². The molecule has 0 aromatic rings. The highest BCUT2D eigenvalue weighted by Gasteiger charge is 2.31. The number of carbonyl (C=O) groups excluding carboxylic acids is 3. The summed E-state index contributed by atoms with van der Waals surface area (Å²) < 4.78 is 0. The van der Waals surface area contributed by atoms with Gasteiger partial charge in [-0.3, -0.25) is 19.2 Å². The molecule has 160 valence electrons. The molecule has 0 saturated heterocycles. The zero-order valence-electron chi connectivity index (χ0n) is 15.4. The minimum absolute atomic E-state index is 0.147. The monoisotopic (exact) mass is 406 g/mol. The molecule has 0 spiro atoms. The molecule has 3 amide bonds. The number of carboxylic acids is 2. The molecule has 0 radical (unpaired) electrons. The number of nitrogens with two attached hydrogens (primary N) is 1. The van der Waals surface area contributed by atoms with Gasteiger partial charge in [0, 0.05) is 6.42 Å². The second-order valence-corrected chi connectivity index (χ2v) is 6.08. The minimum Gasteiger partial charge on any atom is -0.481 e. The van der Waals surface area contributed by atoms with Crippen molar-refractivity contribution < 1.29 is 44.4 Å². The van der Waals surface area contributed by atoms with E-state index in [-0.39, 0.29) is 12.8 Å². The predicted molar refractivity (Wildman–Crippen MR) is 92.7 cm³/mol. The maximum atomic E-state index is 12.2. The normalized spacial score (nSPS) is 16.0. The Labute approximate surface area is 160 Å². The number of nitrogens with one attached hydrogen (secondary N) is 3. The first kappa shape index (κ1) is 25.2. The van der Waals surface area contributed by atoms with Crippen molar-refractivity contribution in [3.05, 3.63) is 0 Å². The Morgan fingerprint density at radius 2 is 1.50 bits per heavy atom. The Morgan fingerprint density at radius 3 is 1.93 bits per heavy atom. The minimum atomic E-state index is -1.63. The first-order valence-corrected chi connectivity index (χ1v) is 8.30. The fourth-order valence-electron chi connectivity index (χ4n) is 1.93. The lowest BCUT2D eigenvalue weighted by Crippen LogP contribution is -2.59. The lowest BCUT2D eigenvalue weighted by atomic mass is 10.1. The van der Waals surface area contributed by atoms with Crippen molar-refractivity contribution in [2.75, 3.05) is 6.61 Å². The fourth-order valence-corrected chi connectivity index (χ4v) is 1.93. The van der Waals surface area contributed by atoms with Gasteiger partial charge in [0.1, 0.15) is 18.1 Å². The summed E-state index contributed by atoms with van der Waals surface area (Å²) in [7, 11) is 0. The smallest absolute Gasteiger partial charge is 0.328 e. The zero-order chi connectivity index (χ0) is 22.0. The summed E-state index contributed by atoms with van der Waals surface area (Å²) in [5.41, 5.74) is 5.52. The van der Waals surface area contributed by atoms with Gasteiger partial charge in [-0.2, -0.15) is 0 Å². The van der Waals surface area contributed by atoms with Crippen LogP contribution in [0.25, 0.3) is 0 Å². The van der Waals surface area contributed by atoms with Crippen molar-refractivity contribution in [3.8, 4) is 0 Å². The largest absolute Gasteiger partial charge is 0.481 e. The molecule has 0 rings (SSSR count). The molecule has 28 heavy (non-hydrogen) atoms. The first-order valence-electron chi connectivity index (χ1n) is 8.30. The average molecular weight is 406 g/mol. The number of aliphatic carboxylic acids is 2. The lowest BCUT2D eigenvalue weighted by Gasteiger charge is -2.24. The SMILES string of the molecule is CC(NC(=O)C(N)CCC(=O)O)C(=O)NC(C(=O)NC(CO)C(=O)O)C(C)O. The van der Waals surface area contributed by atoms with Crippen molar-refractivity contribution in [1.82, 2.24) is 16.0 Å². The third-order valence-corrected chi connectivity index (χ3v) is 3.62. The van der Waals surface area contributed by atoms with Crippen LogP contribution in [0.1, 0.15) is 26.7 Å². The van der Waals surface area contributed by atoms with Crippen LogP contribution in [0, 0.1) is 0 Å². The third kappa shape index (κ3) is 8.75. The van der Waals surface area contributed by atoms with Crippen LogP contribution in [0.5, 0.6) is 0 Å². The Morgan fingerprint density at radius 1 is 0.929 bits per heavy atom. The molecule has 0 aromatic heterocycles. The molecule has 13 nitrogen and oxygen atoms in total. The number of carboxylic acid groups (broad SMARTS) is 2. The van der Waals surface area contributed by atoms with Crippen LogP contribution in [-0.4, -0.2) is 87.0 Å². The first-order chi connectivity index (χ1) is 12.9. The summed E-state index contributed by atoms with van der Waals surface area (Å²) in [4.78, 5) is 57.4. The van der Waals surface area contributed by atoms with Gasteiger partial charge in [-0.15, -0.1) is 0 Å². The van der Waals surface area contributed by atoms with E-state index in [9.17, 15) is 29.1 Å². The van der Waals surface area contributed by atoms with Crippen molar-refractivity contribution in [1.29, 1.82) is 0 Å². The van der Waals surface area contributed by atoms with Gasteiger partial charge in [-0.05, 0) is 20.3 Å². The second kappa shape index (κ2) is 11.8. The number of aliphatic hydroxyl groups is 2. The van der Waals surface area contributed by atoms with E-state index in [0.29, 0.717) is 0 Å². The van der Waals surface area contributed by atoms with E-state index in [1.165, 1.54) is 13.8 Å². The Kier molecular flexibility index (Phi) is 10.7. The Balaban J connectivity index is 4.86. The van der Waals surface area contributed by atoms with Crippen LogP contribution in [0.3, 0.4) is 0 Å². The Hall–Kier alpha value is -2.77. The maximum Gasteiger partial charge on any atom is 0.328 e. The van der Waals surface area contributed by atoms with Crippen molar-refractivity contribution in [2.24, 2.45) is 5.73 Å². The molecule has 0 fully saturated rings. The number of aliphatic hydroxyl groups excluding tert-OH is 2. The van der Waals surface area contributed by atoms with Crippen molar-refractivity contribution >= 4 is 29.7 Å². The topological polar surface area (TPSA) is 228 Å². The van der Waals surface area contributed by atoms with Crippen LogP contribution in [0.4, 0.5) is 0 Å². The van der Waals surface area contributed by atoms with Crippen molar-refractivity contribution in [3.63, 3.8) is 0 Å². The molecule has 0 heterocycles. The molecule has 0 aliphatic heterocycles. The summed E-state index contributed by atoms with van der Waals surface area (Å²) in [6.07, 6.45) is -1.90. The van der Waals surface area contributed by atoms with Crippen LogP contribution in [-0.2, 0) is 24.0 Å². The molecule has 5 atom stereocenters. The third-order valence-electron chi connectivity index (χ3n) is 3.62. The fraction of sp³-hybridized carbons (Fsp3) is 0.667. The van der Waals surface area contributed by atoms with Crippen molar-refractivity contribution in [2.45, 2.75) is 57.0 Å². The number of hydrogen-bond acceptors (Lipinski definition) is 8. The van der Waals surface area contributed by atoms with Crippen LogP contribution in [0.2, 0.25) is 0 Å². The van der Waals surface area contributed by atoms with Crippen LogP contribution >= 0.6 is 0 Å². The summed E-state index contributed by atoms with van der Waals surface area (Å²) in [6, 6.07) is -5.54. The summed E-state index contributed by atoms with van der Waals surface area (Å²) >= 11 is 0. The average Bonchev–Trinajstić information content (AvgIpc) is 2.60. The van der Waals surface area contributed by atoms with Gasteiger partial charge >= 0.3 is 11.9 Å². The quantitative estimate of drug-likeness (QED) is 0.157. The highest BCUT2D eigenvalue weighted by Crippen LogP contribution is 1.99. The lowest BCUT2D eigenvalue weighted by molar-refractivity contribution is -0.144. The number of amides is 3. The number of carbonyl (C=O) groups is 5. The van der Waals surface area contributed by atoms with Gasteiger partial charge in [0.15, 0.2) is 0 Å². The van der Waals surface area contributed by atoms with Gasteiger partial charge in [0.05, 0.1) is 18.8 Å². The molecule has 0 saturated carbocycles. The van der Waals surface area contributed by atoms with E-state index in [0.717, 1.165) is 0 Å². The van der Waals surface area contributed by atoms with Gasteiger partial charge in [-0.25, -0.2) is 4.79 Å². The zero-order valence-corrected chi connectivity index (χ0v) is 15.4. The predicted octanol–water partition coefficient (Wildman–Crippen LogP) is -3.89. The summed E-state index contributed by atoms with van der Waals surface area (Å²) in [5, 5.41) is 42.3. The molecular weight excluding hydrogens is 380 g/mol. The van der Waals surface area contributed by atoms with E-state index in [1.54, 1.807) is 0 Å². The molecule has 5 unspecified atom stereocenters. The highest BCUT2D eigenvalue weighted by molar-refractivity contribution is 5.94. The molecule has 0 bridgehead atoms. The maximum absolute atomic E-state index is 12.2. The second-order valence-electron chi connectivity index (χ2n) is 6.08. The van der Waals surface area contributed by atoms with Crippen LogP contribution in [0.15, 0.2) is 0 Å². The molecular formula is C15H26N4O9. The van der Waals surface area contributed by atoms with Gasteiger partial charge in [-0.1, -0.05) is 0 Å². The van der Waals surface area contributed by atoms with E-state index in [2.05, 4.69) is 10.6 Å². The summed E-state index contributed by atoms with van der Waals surface area (Å²) in [6.45, 7) is 1.54. The molecule has 0 aliphatic carbocycles. The van der Waals surface area contributed by atoms with E-state index in [4.69, 9.17) is 21.1 Å². The van der Waals surface area contributed by atoms with Gasteiger partial charge in [0.2, 0.25) is 17.7 Å². The standard InChI is InChI=1S/C15H26N4O9/c1-6(17-13(25)8(16)3-4-10(22)23)12(24)19-11(7(2)21)14(26)18-9(5-20)15(27)28/h6-9,11,20-21H,3-5,16H2,1-2H3,(H,17,25)(H,18,26)(H,19,24)(H,22,23)(H,27,28). The van der Waals surface area contributed by atoms with Gasteiger partial charge < -0.3 is 42.1 Å². The Bertz CT molecular complexity index is 596. The number of hydrogen-bond donors (Lipinski definition) is 8. The highest BCUT2D eigenvalue weighted by atomic mass is 16.4. The molecule has 9 N–H and O–H groups in total. The molecule has 0 aromatic carbocycles.